The maximum atomic E-state index is 12.9. The SMILES string of the molecule is Cc1nc2ccccc2n1CCCNc1ccc2nnc(C(F)(F)F)n2n1. The normalized spacial score (nSPS) is 12.1. The second kappa shape index (κ2) is 6.53. The van der Waals surface area contributed by atoms with Crippen molar-refractivity contribution >= 4 is 22.5 Å². The molecule has 0 saturated carbocycles. The third-order valence-electron chi connectivity index (χ3n) is 4.23. The predicted octanol–water partition coefficient (Wildman–Crippen LogP) is 3.30. The van der Waals surface area contributed by atoms with Crippen LogP contribution in [0.2, 0.25) is 0 Å². The number of hydrogen-bond acceptors (Lipinski definition) is 5. The van der Waals surface area contributed by atoms with E-state index in [2.05, 4.69) is 30.2 Å². The number of hydrogen-bond donors (Lipinski definition) is 1. The van der Waals surface area contributed by atoms with Gasteiger partial charge in [-0.25, -0.2) is 4.98 Å². The van der Waals surface area contributed by atoms with E-state index in [0.29, 0.717) is 16.9 Å². The summed E-state index contributed by atoms with van der Waals surface area (Å²) >= 11 is 0. The number of rotatable bonds is 5. The van der Waals surface area contributed by atoms with E-state index in [4.69, 9.17) is 0 Å². The summed E-state index contributed by atoms with van der Waals surface area (Å²) in [6, 6.07) is 10.9. The lowest BCUT2D eigenvalue weighted by Crippen LogP contribution is -2.14. The Kier molecular flexibility index (Phi) is 4.17. The average Bonchev–Trinajstić information content (AvgIpc) is 3.19. The summed E-state index contributed by atoms with van der Waals surface area (Å²) in [6.45, 7) is 3.24. The number of anilines is 1. The first kappa shape index (κ1) is 17.3. The molecule has 3 aromatic heterocycles. The minimum atomic E-state index is -4.61. The largest absolute Gasteiger partial charge is 0.453 e. The molecule has 1 N–H and O–H groups in total. The van der Waals surface area contributed by atoms with Gasteiger partial charge in [0.1, 0.15) is 11.6 Å². The van der Waals surface area contributed by atoms with Crippen LogP contribution in [-0.2, 0) is 12.7 Å². The number of fused-ring (bicyclic) bond motifs is 2. The third-order valence-corrected chi connectivity index (χ3v) is 4.23. The fourth-order valence-electron chi connectivity index (χ4n) is 2.99. The summed E-state index contributed by atoms with van der Waals surface area (Å²) in [7, 11) is 0. The van der Waals surface area contributed by atoms with Crippen molar-refractivity contribution in [3.05, 3.63) is 48.0 Å². The second-order valence-corrected chi connectivity index (χ2v) is 6.09. The smallest absolute Gasteiger partial charge is 0.369 e. The van der Waals surface area contributed by atoms with Gasteiger partial charge in [-0.3, -0.25) is 0 Å². The van der Waals surface area contributed by atoms with Crippen molar-refractivity contribution in [1.82, 2.24) is 29.4 Å². The zero-order valence-corrected chi connectivity index (χ0v) is 14.4. The van der Waals surface area contributed by atoms with E-state index in [1.54, 1.807) is 6.07 Å². The summed E-state index contributed by atoms with van der Waals surface area (Å²) < 4.78 is 41.6. The molecular formula is C17H16F3N7. The van der Waals surface area contributed by atoms with Crippen LogP contribution in [-0.4, -0.2) is 35.9 Å². The summed E-state index contributed by atoms with van der Waals surface area (Å²) in [6.07, 6.45) is -3.85. The van der Waals surface area contributed by atoms with Crippen LogP contribution in [0.3, 0.4) is 0 Å². The first-order chi connectivity index (χ1) is 12.9. The van der Waals surface area contributed by atoms with Crippen molar-refractivity contribution < 1.29 is 13.2 Å². The predicted molar refractivity (Wildman–Crippen MR) is 93.4 cm³/mol. The zero-order valence-electron chi connectivity index (χ0n) is 14.4. The molecule has 0 atom stereocenters. The number of alkyl halides is 3. The lowest BCUT2D eigenvalue weighted by Gasteiger charge is -2.09. The number of para-hydroxylation sites is 2. The molecule has 0 aliphatic carbocycles. The molecular weight excluding hydrogens is 359 g/mol. The Balaban J connectivity index is 1.44. The van der Waals surface area contributed by atoms with Crippen LogP contribution in [0, 0.1) is 6.92 Å². The maximum Gasteiger partial charge on any atom is 0.453 e. The van der Waals surface area contributed by atoms with Gasteiger partial charge in [0.25, 0.3) is 5.82 Å². The van der Waals surface area contributed by atoms with Crippen LogP contribution in [0.1, 0.15) is 18.1 Å². The van der Waals surface area contributed by atoms with Crippen molar-refractivity contribution in [1.29, 1.82) is 0 Å². The van der Waals surface area contributed by atoms with Crippen molar-refractivity contribution in [2.24, 2.45) is 0 Å². The van der Waals surface area contributed by atoms with E-state index in [1.165, 1.54) is 6.07 Å². The molecule has 7 nitrogen and oxygen atoms in total. The van der Waals surface area contributed by atoms with Gasteiger partial charge in [0, 0.05) is 13.1 Å². The topological polar surface area (TPSA) is 72.9 Å². The molecule has 0 spiro atoms. The molecule has 0 unspecified atom stereocenters. The first-order valence-electron chi connectivity index (χ1n) is 8.39. The summed E-state index contributed by atoms with van der Waals surface area (Å²) in [5, 5.41) is 13.6. The molecule has 0 saturated heterocycles. The van der Waals surface area contributed by atoms with Gasteiger partial charge in [-0.1, -0.05) is 12.1 Å². The van der Waals surface area contributed by atoms with Gasteiger partial charge in [-0.15, -0.1) is 15.3 Å². The highest BCUT2D eigenvalue weighted by Crippen LogP contribution is 2.27. The molecule has 140 valence electrons. The van der Waals surface area contributed by atoms with Crippen LogP contribution in [0.15, 0.2) is 36.4 Å². The zero-order chi connectivity index (χ0) is 19.0. The van der Waals surface area contributed by atoms with E-state index in [0.717, 1.165) is 29.8 Å². The highest BCUT2D eigenvalue weighted by molar-refractivity contribution is 5.75. The highest BCUT2D eigenvalue weighted by atomic mass is 19.4. The minimum Gasteiger partial charge on any atom is -0.369 e. The van der Waals surface area contributed by atoms with E-state index >= 15 is 0 Å². The summed E-state index contributed by atoms with van der Waals surface area (Å²) in [4.78, 5) is 4.52. The number of nitrogens with one attached hydrogen (secondary N) is 1. The van der Waals surface area contributed by atoms with Crippen LogP contribution in [0.25, 0.3) is 16.7 Å². The number of nitrogens with zero attached hydrogens (tertiary/aromatic N) is 6. The quantitative estimate of drug-likeness (QED) is 0.542. The van der Waals surface area contributed by atoms with E-state index < -0.39 is 12.0 Å². The van der Waals surface area contributed by atoms with E-state index in [1.807, 2.05) is 31.2 Å². The molecule has 0 radical (unpaired) electrons. The molecule has 0 fully saturated rings. The monoisotopic (exact) mass is 375 g/mol. The molecule has 0 amide bonds. The number of imidazole rings is 1. The second-order valence-electron chi connectivity index (χ2n) is 6.09. The van der Waals surface area contributed by atoms with E-state index in [-0.39, 0.29) is 5.65 Å². The average molecular weight is 375 g/mol. The standard InChI is InChI=1S/C17H16F3N7/c1-11-22-12-5-2-3-6-13(12)26(11)10-4-9-21-14-7-8-15-23-24-16(17(18,19)20)27(15)25-14/h2-3,5-8H,4,9-10H2,1H3,(H,21,25). The fourth-order valence-corrected chi connectivity index (χ4v) is 2.99. The Morgan fingerprint density at radius 2 is 1.89 bits per heavy atom. The molecule has 0 aliphatic heterocycles. The molecule has 0 bridgehead atoms. The Labute approximate surface area is 151 Å². The lowest BCUT2D eigenvalue weighted by atomic mass is 10.3. The Morgan fingerprint density at radius 3 is 2.70 bits per heavy atom. The van der Waals surface area contributed by atoms with Crippen LogP contribution >= 0.6 is 0 Å². The van der Waals surface area contributed by atoms with Gasteiger partial charge >= 0.3 is 6.18 Å². The van der Waals surface area contributed by atoms with Crippen LogP contribution in [0.5, 0.6) is 0 Å². The minimum absolute atomic E-state index is 0.0494. The van der Waals surface area contributed by atoms with Gasteiger partial charge in [0.15, 0.2) is 5.65 Å². The molecule has 27 heavy (non-hydrogen) atoms. The van der Waals surface area contributed by atoms with Crippen molar-refractivity contribution in [3.63, 3.8) is 0 Å². The molecule has 4 aromatic rings. The van der Waals surface area contributed by atoms with Crippen molar-refractivity contribution in [2.75, 3.05) is 11.9 Å². The summed E-state index contributed by atoms with van der Waals surface area (Å²) in [5.74, 6) is 0.122. The van der Waals surface area contributed by atoms with Gasteiger partial charge in [0.2, 0.25) is 0 Å². The number of halogens is 3. The first-order valence-corrected chi connectivity index (χ1v) is 8.39. The summed E-state index contributed by atoms with van der Waals surface area (Å²) in [5.41, 5.74) is 2.06. The fraction of sp³-hybridized carbons (Fsp3) is 0.294. The van der Waals surface area contributed by atoms with Gasteiger partial charge in [0.05, 0.1) is 11.0 Å². The Morgan fingerprint density at radius 1 is 1.07 bits per heavy atom. The molecule has 4 rings (SSSR count). The molecule has 0 aliphatic rings. The molecule has 1 aromatic carbocycles. The van der Waals surface area contributed by atoms with Crippen LogP contribution in [0.4, 0.5) is 19.0 Å². The number of aryl methyl sites for hydroxylation is 2. The maximum absolute atomic E-state index is 12.9. The van der Waals surface area contributed by atoms with Crippen LogP contribution < -0.4 is 5.32 Å². The molecule has 3 heterocycles. The van der Waals surface area contributed by atoms with Gasteiger partial charge < -0.3 is 9.88 Å². The van der Waals surface area contributed by atoms with E-state index in [9.17, 15) is 13.2 Å². The Bertz CT molecular complexity index is 1100. The number of aromatic nitrogens is 6. The Hall–Kier alpha value is -3.17. The van der Waals surface area contributed by atoms with Crippen molar-refractivity contribution in [3.8, 4) is 0 Å². The van der Waals surface area contributed by atoms with Gasteiger partial charge in [-0.2, -0.15) is 17.7 Å². The lowest BCUT2D eigenvalue weighted by molar-refractivity contribution is -0.146. The van der Waals surface area contributed by atoms with Gasteiger partial charge in [-0.05, 0) is 37.6 Å². The number of benzene rings is 1. The highest BCUT2D eigenvalue weighted by Gasteiger charge is 2.37. The third kappa shape index (κ3) is 3.29. The van der Waals surface area contributed by atoms with Crippen molar-refractivity contribution in [2.45, 2.75) is 26.1 Å². The molecule has 10 heteroatoms.